The van der Waals surface area contributed by atoms with Crippen molar-refractivity contribution in [1.82, 2.24) is 25.4 Å². The summed E-state index contributed by atoms with van der Waals surface area (Å²) >= 11 is 0. The van der Waals surface area contributed by atoms with Gasteiger partial charge in [-0.15, -0.1) is 0 Å². The topological polar surface area (TPSA) is 81.1 Å². The van der Waals surface area contributed by atoms with Crippen LogP contribution in [0.5, 0.6) is 5.88 Å². The van der Waals surface area contributed by atoms with E-state index in [1.54, 1.807) is 13.3 Å². The zero-order chi connectivity index (χ0) is 20.1. The van der Waals surface area contributed by atoms with Gasteiger partial charge in [0.05, 0.1) is 25.9 Å². The van der Waals surface area contributed by atoms with Gasteiger partial charge in [0, 0.05) is 30.1 Å². The molecular weight excluding hydrogens is 366 g/mol. The fourth-order valence-corrected chi connectivity index (χ4v) is 3.72. The van der Waals surface area contributed by atoms with E-state index in [2.05, 4.69) is 37.5 Å². The normalized spacial score (nSPS) is 15.4. The van der Waals surface area contributed by atoms with Crippen molar-refractivity contribution < 1.29 is 9.53 Å². The molecule has 0 fully saturated rings. The summed E-state index contributed by atoms with van der Waals surface area (Å²) in [4.78, 5) is 16.5. The number of rotatable bonds is 6. The maximum Gasteiger partial charge on any atom is 0.315 e. The van der Waals surface area contributed by atoms with Gasteiger partial charge in [-0.3, -0.25) is 4.68 Å². The van der Waals surface area contributed by atoms with Crippen LogP contribution in [0.25, 0.3) is 0 Å². The van der Waals surface area contributed by atoms with E-state index in [1.807, 2.05) is 36.5 Å². The van der Waals surface area contributed by atoms with Gasteiger partial charge in [0.2, 0.25) is 5.88 Å². The lowest BCUT2D eigenvalue weighted by Gasteiger charge is -2.24. The van der Waals surface area contributed by atoms with Crippen LogP contribution in [0.15, 0.2) is 54.9 Å². The number of methoxy groups -OCH3 is 1. The average molecular weight is 391 g/mol. The van der Waals surface area contributed by atoms with Gasteiger partial charge >= 0.3 is 6.03 Å². The number of benzene rings is 1. The molecular formula is C22H25N5O2. The summed E-state index contributed by atoms with van der Waals surface area (Å²) in [6, 6.07) is 13.8. The predicted octanol–water partition coefficient (Wildman–Crippen LogP) is 3.21. The highest BCUT2D eigenvalue weighted by Gasteiger charge is 2.25. The monoisotopic (exact) mass is 391 g/mol. The molecule has 1 atom stereocenters. The average Bonchev–Trinajstić information content (AvgIpc) is 3.17. The Morgan fingerprint density at radius 1 is 1.24 bits per heavy atom. The molecule has 0 saturated heterocycles. The number of urea groups is 1. The second kappa shape index (κ2) is 8.77. The number of nitrogens with zero attached hydrogens (tertiary/aromatic N) is 3. The summed E-state index contributed by atoms with van der Waals surface area (Å²) in [5, 5.41) is 10.6. The Labute approximate surface area is 170 Å². The van der Waals surface area contributed by atoms with Crippen LogP contribution in [-0.2, 0) is 19.5 Å². The van der Waals surface area contributed by atoms with Crippen molar-refractivity contribution in [3.63, 3.8) is 0 Å². The zero-order valence-corrected chi connectivity index (χ0v) is 16.5. The zero-order valence-electron chi connectivity index (χ0n) is 16.5. The minimum absolute atomic E-state index is 0.0183. The molecule has 150 valence electrons. The number of ether oxygens (including phenoxy) is 1. The van der Waals surface area contributed by atoms with Crippen LogP contribution in [0.4, 0.5) is 4.79 Å². The van der Waals surface area contributed by atoms with Crippen LogP contribution in [0.3, 0.4) is 0 Å². The lowest BCUT2D eigenvalue weighted by atomic mass is 9.93. The van der Waals surface area contributed by atoms with Crippen molar-refractivity contribution in [2.24, 2.45) is 0 Å². The molecule has 1 aromatic carbocycles. The summed E-state index contributed by atoms with van der Waals surface area (Å²) in [6.07, 6.45) is 6.50. The standard InChI is InChI=1S/C22H25N5O2/c1-29-21-12-17(10-11-23-21)13-24-22(28)26-19-8-5-9-20-18(19)14-25-27(20)15-16-6-3-2-4-7-16/h2-4,6-7,10-12,14,19H,5,8-9,13,15H2,1H3,(H2,24,26,28). The van der Waals surface area contributed by atoms with Crippen LogP contribution >= 0.6 is 0 Å². The molecule has 29 heavy (non-hydrogen) atoms. The molecule has 1 aliphatic carbocycles. The highest BCUT2D eigenvalue weighted by atomic mass is 16.5. The van der Waals surface area contributed by atoms with E-state index in [0.29, 0.717) is 12.4 Å². The number of aromatic nitrogens is 3. The molecule has 2 N–H and O–H groups in total. The van der Waals surface area contributed by atoms with Gasteiger partial charge in [-0.1, -0.05) is 30.3 Å². The molecule has 2 heterocycles. The first kappa shape index (κ1) is 19.0. The molecule has 4 rings (SSSR count). The smallest absolute Gasteiger partial charge is 0.315 e. The molecule has 3 aromatic rings. The molecule has 2 aromatic heterocycles. The number of nitrogens with one attached hydrogen (secondary N) is 2. The van der Waals surface area contributed by atoms with E-state index < -0.39 is 0 Å². The molecule has 0 aliphatic heterocycles. The Kier molecular flexibility index (Phi) is 5.74. The Morgan fingerprint density at radius 3 is 2.93 bits per heavy atom. The second-order valence-electron chi connectivity index (χ2n) is 7.17. The fourth-order valence-electron chi connectivity index (χ4n) is 3.72. The second-order valence-corrected chi connectivity index (χ2v) is 7.17. The van der Waals surface area contributed by atoms with E-state index in [-0.39, 0.29) is 12.1 Å². The highest BCUT2D eigenvalue weighted by Crippen LogP contribution is 2.29. The van der Waals surface area contributed by atoms with Crippen molar-refractivity contribution in [3.05, 3.63) is 77.2 Å². The SMILES string of the molecule is COc1cc(CNC(=O)NC2CCCc3c2cnn3Cc2ccccc2)ccn1. The predicted molar refractivity (Wildman–Crippen MR) is 110 cm³/mol. The third-order valence-corrected chi connectivity index (χ3v) is 5.20. The number of amides is 2. The number of hydrogen-bond acceptors (Lipinski definition) is 4. The fraction of sp³-hybridized carbons (Fsp3) is 0.318. The number of hydrogen-bond donors (Lipinski definition) is 2. The van der Waals surface area contributed by atoms with Gasteiger partial charge < -0.3 is 15.4 Å². The van der Waals surface area contributed by atoms with Gasteiger partial charge in [0.25, 0.3) is 0 Å². The van der Waals surface area contributed by atoms with E-state index in [1.165, 1.54) is 11.3 Å². The molecule has 0 bridgehead atoms. The van der Waals surface area contributed by atoms with Gasteiger partial charge in [-0.25, -0.2) is 9.78 Å². The third-order valence-electron chi connectivity index (χ3n) is 5.20. The summed E-state index contributed by atoms with van der Waals surface area (Å²) in [7, 11) is 1.57. The highest BCUT2D eigenvalue weighted by molar-refractivity contribution is 5.74. The first-order valence-electron chi connectivity index (χ1n) is 9.84. The first-order valence-corrected chi connectivity index (χ1v) is 9.84. The van der Waals surface area contributed by atoms with E-state index in [0.717, 1.165) is 36.9 Å². The quantitative estimate of drug-likeness (QED) is 0.676. The maximum absolute atomic E-state index is 12.5. The van der Waals surface area contributed by atoms with Crippen molar-refractivity contribution in [1.29, 1.82) is 0 Å². The van der Waals surface area contributed by atoms with Crippen LogP contribution in [0.2, 0.25) is 0 Å². The van der Waals surface area contributed by atoms with Crippen LogP contribution < -0.4 is 15.4 Å². The minimum atomic E-state index is -0.186. The molecule has 7 heteroatoms. The summed E-state index contributed by atoms with van der Waals surface area (Å²) in [6.45, 7) is 1.16. The molecule has 0 saturated carbocycles. The summed E-state index contributed by atoms with van der Waals surface area (Å²) in [5.74, 6) is 0.535. The van der Waals surface area contributed by atoms with Crippen LogP contribution in [0.1, 0.15) is 41.3 Å². The number of fused-ring (bicyclic) bond motifs is 1. The van der Waals surface area contributed by atoms with Gasteiger partial charge in [0.1, 0.15) is 0 Å². The molecule has 1 unspecified atom stereocenters. The molecule has 1 aliphatic rings. The van der Waals surface area contributed by atoms with Crippen molar-refractivity contribution in [3.8, 4) is 5.88 Å². The Balaban J connectivity index is 1.38. The van der Waals surface area contributed by atoms with Gasteiger partial charge in [0.15, 0.2) is 0 Å². The van der Waals surface area contributed by atoms with Crippen LogP contribution in [0, 0.1) is 0 Å². The Morgan fingerprint density at radius 2 is 2.10 bits per heavy atom. The van der Waals surface area contributed by atoms with Gasteiger partial charge in [-0.2, -0.15) is 5.10 Å². The minimum Gasteiger partial charge on any atom is -0.481 e. The lowest BCUT2D eigenvalue weighted by molar-refractivity contribution is 0.235. The molecule has 7 nitrogen and oxygen atoms in total. The van der Waals surface area contributed by atoms with Crippen molar-refractivity contribution in [2.45, 2.75) is 38.4 Å². The summed E-state index contributed by atoms with van der Waals surface area (Å²) < 4.78 is 7.17. The first-order chi connectivity index (χ1) is 14.2. The summed E-state index contributed by atoms with van der Waals surface area (Å²) in [5.41, 5.74) is 4.49. The number of carbonyl (C=O) groups is 1. The Hall–Kier alpha value is -3.35. The third kappa shape index (κ3) is 4.56. The van der Waals surface area contributed by atoms with E-state index in [4.69, 9.17) is 4.74 Å². The van der Waals surface area contributed by atoms with Crippen molar-refractivity contribution in [2.75, 3.05) is 7.11 Å². The molecule has 0 radical (unpaired) electrons. The Bertz CT molecular complexity index is 970. The maximum atomic E-state index is 12.5. The number of carbonyl (C=O) groups excluding carboxylic acids is 1. The molecule has 0 spiro atoms. The molecule has 2 amide bonds. The number of pyridine rings is 1. The van der Waals surface area contributed by atoms with Crippen LogP contribution in [-0.4, -0.2) is 27.9 Å². The van der Waals surface area contributed by atoms with Crippen molar-refractivity contribution >= 4 is 6.03 Å². The van der Waals surface area contributed by atoms with Gasteiger partial charge in [-0.05, 0) is 36.5 Å². The lowest BCUT2D eigenvalue weighted by Crippen LogP contribution is -2.38. The largest absolute Gasteiger partial charge is 0.481 e. The van der Waals surface area contributed by atoms with E-state index in [9.17, 15) is 4.79 Å². The van der Waals surface area contributed by atoms with E-state index >= 15 is 0 Å².